The first-order valence-corrected chi connectivity index (χ1v) is 11.2. The molecule has 1 amide bonds. The number of carbonyl (C=O) groups excluding carboxylic acids is 1. The third-order valence-electron chi connectivity index (χ3n) is 6.57. The van der Waals surface area contributed by atoms with Crippen molar-refractivity contribution in [3.05, 3.63) is 17.1 Å². The van der Waals surface area contributed by atoms with Crippen molar-refractivity contribution in [3.8, 4) is 0 Å². The van der Waals surface area contributed by atoms with Gasteiger partial charge in [-0.3, -0.25) is 4.79 Å². The first kappa shape index (κ1) is 20.5. The zero-order chi connectivity index (χ0) is 20.2. The van der Waals surface area contributed by atoms with E-state index in [-0.39, 0.29) is 18.6 Å². The molecule has 7 nitrogen and oxygen atoms in total. The van der Waals surface area contributed by atoms with E-state index in [1.807, 2.05) is 4.90 Å². The van der Waals surface area contributed by atoms with E-state index in [0.717, 1.165) is 95.1 Å². The summed E-state index contributed by atoms with van der Waals surface area (Å²) in [7, 11) is 1.57. The van der Waals surface area contributed by atoms with Crippen molar-refractivity contribution in [2.24, 2.45) is 5.92 Å². The molecule has 2 fully saturated rings. The maximum Gasteiger partial charge on any atom is 0.249 e. The second-order valence-corrected chi connectivity index (χ2v) is 8.61. The molecule has 4 heterocycles. The number of fused-ring (bicyclic) bond motifs is 1. The molecule has 7 heteroatoms. The summed E-state index contributed by atoms with van der Waals surface area (Å²) in [6, 6.07) is -0.0396. The summed E-state index contributed by atoms with van der Waals surface area (Å²) in [5, 5.41) is 0. The number of piperidine rings is 1. The molecule has 2 saturated heterocycles. The van der Waals surface area contributed by atoms with E-state index in [9.17, 15) is 4.79 Å². The van der Waals surface area contributed by atoms with E-state index >= 15 is 0 Å². The van der Waals surface area contributed by atoms with Crippen LogP contribution in [0, 0.1) is 12.8 Å². The maximum absolute atomic E-state index is 12.6. The number of rotatable bonds is 5. The van der Waals surface area contributed by atoms with Crippen LogP contribution >= 0.6 is 0 Å². The monoisotopic (exact) mass is 402 g/mol. The molecule has 0 spiro atoms. The van der Waals surface area contributed by atoms with Crippen molar-refractivity contribution >= 4 is 11.7 Å². The Hall–Kier alpha value is -1.73. The summed E-state index contributed by atoms with van der Waals surface area (Å²) >= 11 is 0. The van der Waals surface area contributed by atoms with Gasteiger partial charge < -0.3 is 19.3 Å². The minimum absolute atomic E-state index is 0.0373. The van der Waals surface area contributed by atoms with Gasteiger partial charge >= 0.3 is 0 Å². The topological polar surface area (TPSA) is 67.8 Å². The van der Waals surface area contributed by atoms with Crippen molar-refractivity contribution in [1.82, 2.24) is 14.9 Å². The van der Waals surface area contributed by atoms with Crippen LogP contribution in [0.15, 0.2) is 0 Å². The minimum atomic E-state index is -0.0396. The van der Waals surface area contributed by atoms with Crippen LogP contribution in [0.5, 0.6) is 0 Å². The molecule has 29 heavy (non-hydrogen) atoms. The average Bonchev–Trinajstić information content (AvgIpc) is 2.75. The number of anilines is 1. The molecule has 0 N–H and O–H groups in total. The van der Waals surface area contributed by atoms with Crippen LogP contribution in [-0.2, 0) is 20.7 Å². The number of amides is 1. The van der Waals surface area contributed by atoms with Gasteiger partial charge in [0, 0.05) is 51.2 Å². The third-order valence-corrected chi connectivity index (χ3v) is 6.57. The van der Waals surface area contributed by atoms with Crippen LogP contribution < -0.4 is 4.90 Å². The number of hydrogen-bond acceptors (Lipinski definition) is 6. The molecule has 0 aromatic carbocycles. The summed E-state index contributed by atoms with van der Waals surface area (Å²) in [4.78, 5) is 27.0. The van der Waals surface area contributed by atoms with Gasteiger partial charge in [-0.1, -0.05) is 0 Å². The SMILES string of the molecule is COCC(=O)N1CCCC[C@H]1c1nc(C)c2c(n1)N(CC1CCOCC1)CCC2. The van der Waals surface area contributed by atoms with Gasteiger partial charge in [-0.2, -0.15) is 0 Å². The van der Waals surface area contributed by atoms with Crippen LogP contribution in [0.2, 0.25) is 0 Å². The molecule has 3 aliphatic heterocycles. The molecular weight excluding hydrogens is 368 g/mol. The lowest BCUT2D eigenvalue weighted by Crippen LogP contribution is -2.42. The number of aryl methyl sites for hydroxylation is 1. The van der Waals surface area contributed by atoms with Crippen LogP contribution in [0.25, 0.3) is 0 Å². The molecule has 4 rings (SSSR count). The first-order valence-electron chi connectivity index (χ1n) is 11.2. The molecular formula is C22H34N4O3. The Morgan fingerprint density at radius 1 is 1.14 bits per heavy atom. The van der Waals surface area contributed by atoms with Crippen LogP contribution in [0.1, 0.15) is 61.6 Å². The zero-order valence-corrected chi connectivity index (χ0v) is 17.9. The highest BCUT2D eigenvalue weighted by molar-refractivity contribution is 5.78. The Morgan fingerprint density at radius 3 is 2.76 bits per heavy atom. The number of likely N-dealkylation sites (tertiary alicyclic amines) is 1. The summed E-state index contributed by atoms with van der Waals surface area (Å²) < 4.78 is 10.6. The Kier molecular flexibility index (Phi) is 6.65. The highest BCUT2D eigenvalue weighted by Gasteiger charge is 2.32. The van der Waals surface area contributed by atoms with Crippen molar-refractivity contribution in [1.29, 1.82) is 0 Å². The van der Waals surface area contributed by atoms with Gasteiger partial charge in [-0.25, -0.2) is 9.97 Å². The number of nitrogens with zero attached hydrogens (tertiary/aromatic N) is 4. The van der Waals surface area contributed by atoms with E-state index in [2.05, 4.69) is 11.8 Å². The maximum atomic E-state index is 12.6. The highest BCUT2D eigenvalue weighted by atomic mass is 16.5. The number of ether oxygens (including phenoxy) is 2. The van der Waals surface area contributed by atoms with Crippen molar-refractivity contribution < 1.29 is 14.3 Å². The standard InChI is InChI=1S/C22H34N4O3/c1-16-18-6-5-10-25(14-17-8-12-29-13-9-17)22(18)24-21(23-16)19-7-3-4-11-26(19)20(27)15-28-2/h17,19H,3-15H2,1-2H3/t19-/m0/s1. The van der Waals surface area contributed by atoms with Crippen molar-refractivity contribution in [2.45, 2.75) is 57.9 Å². The lowest BCUT2D eigenvalue weighted by Gasteiger charge is -2.37. The van der Waals surface area contributed by atoms with Crippen LogP contribution in [0.3, 0.4) is 0 Å². The predicted molar refractivity (Wildman–Crippen MR) is 111 cm³/mol. The second kappa shape index (κ2) is 9.39. The van der Waals surface area contributed by atoms with Gasteiger partial charge in [0.1, 0.15) is 12.4 Å². The van der Waals surface area contributed by atoms with Crippen LogP contribution in [0.4, 0.5) is 5.82 Å². The molecule has 1 aromatic heterocycles. The van der Waals surface area contributed by atoms with Crippen molar-refractivity contribution in [2.75, 3.05) is 51.5 Å². The normalized spacial score (nSPS) is 23.2. The fraction of sp³-hybridized carbons (Fsp3) is 0.773. The Morgan fingerprint density at radius 2 is 1.97 bits per heavy atom. The van der Waals surface area contributed by atoms with E-state index in [1.54, 1.807) is 7.11 Å². The van der Waals surface area contributed by atoms with Gasteiger partial charge in [-0.15, -0.1) is 0 Å². The smallest absolute Gasteiger partial charge is 0.249 e. The van der Waals surface area contributed by atoms with Gasteiger partial charge in [0.2, 0.25) is 5.91 Å². The fourth-order valence-electron chi connectivity index (χ4n) is 4.98. The number of aromatic nitrogens is 2. The van der Waals surface area contributed by atoms with Gasteiger partial charge in [0.15, 0.2) is 5.82 Å². The second-order valence-electron chi connectivity index (χ2n) is 8.61. The van der Waals surface area contributed by atoms with E-state index in [0.29, 0.717) is 5.92 Å². The Bertz CT molecular complexity index is 720. The number of hydrogen-bond donors (Lipinski definition) is 0. The largest absolute Gasteiger partial charge is 0.381 e. The molecule has 0 saturated carbocycles. The lowest BCUT2D eigenvalue weighted by molar-refractivity contribution is -0.139. The molecule has 0 bridgehead atoms. The van der Waals surface area contributed by atoms with Gasteiger partial charge in [-0.05, 0) is 57.8 Å². The Labute approximate surface area is 173 Å². The summed E-state index contributed by atoms with van der Waals surface area (Å²) in [6.45, 7) is 6.83. The molecule has 0 radical (unpaired) electrons. The quantitative estimate of drug-likeness (QED) is 0.754. The fourth-order valence-corrected chi connectivity index (χ4v) is 4.98. The first-order chi connectivity index (χ1) is 14.2. The third kappa shape index (κ3) is 4.56. The van der Waals surface area contributed by atoms with E-state index < -0.39 is 0 Å². The molecule has 0 aliphatic carbocycles. The number of methoxy groups -OCH3 is 1. The minimum Gasteiger partial charge on any atom is -0.381 e. The molecule has 1 atom stereocenters. The number of carbonyl (C=O) groups is 1. The summed E-state index contributed by atoms with van der Waals surface area (Å²) in [5.74, 6) is 2.62. The van der Waals surface area contributed by atoms with E-state index in [1.165, 1.54) is 5.56 Å². The summed E-state index contributed by atoms with van der Waals surface area (Å²) in [5.41, 5.74) is 2.36. The Balaban J connectivity index is 1.61. The summed E-state index contributed by atoms with van der Waals surface area (Å²) in [6.07, 6.45) is 7.52. The molecule has 3 aliphatic rings. The van der Waals surface area contributed by atoms with Crippen LogP contribution in [-0.4, -0.2) is 67.3 Å². The average molecular weight is 403 g/mol. The van der Waals surface area contributed by atoms with Gasteiger partial charge in [0.05, 0.1) is 6.04 Å². The lowest BCUT2D eigenvalue weighted by atomic mass is 9.96. The molecule has 0 unspecified atom stereocenters. The molecule has 1 aromatic rings. The highest BCUT2D eigenvalue weighted by Crippen LogP contribution is 2.34. The predicted octanol–water partition coefficient (Wildman–Crippen LogP) is 2.66. The van der Waals surface area contributed by atoms with E-state index in [4.69, 9.17) is 19.4 Å². The van der Waals surface area contributed by atoms with Gasteiger partial charge in [0.25, 0.3) is 0 Å². The van der Waals surface area contributed by atoms with Crippen molar-refractivity contribution in [3.63, 3.8) is 0 Å². The zero-order valence-electron chi connectivity index (χ0n) is 17.9. The molecule has 160 valence electrons.